The van der Waals surface area contributed by atoms with Crippen LogP contribution >= 0.6 is 15.9 Å². The Labute approximate surface area is 131 Å². The molecule has 0 atom stereocenters. The molecule has 0 radical (unpaired) electrons. The molecule has 0 saturated heterocycles. The van der Waals surface area contributed by atoms with E-state index in [1.165, 1.54) is 0 Å². The second kappa shape index (κ2) is 5.70. The van der Waals surface area contributed by atoms with Crippen molar-refractivity contribution >= 4 is 33.0 Å². The molecule has 0 heterocycles. The van der Waals surface area contributed by atoms with Gasteiger partial charge in [0.15, 0.2) is 6.29 Å². The van der Waals surface area contributed by atoms with Crippen molar-refractivity contribution in [2.75, 3.05) is 0 Å². The third kappa shape index (κ3) is 2.69. The number of ether oxygens (including phenoxy) is 1. The monoisotopic (exact) mass is 340 g/mol. The summed E-state index contributed by atoms with van der Waals surface area (Å²) in [6.45, 7) is 1.95. The van der Waals surface area contributed by atoms with Crippen LogP contribution < -0.4 is 4.74 Å². The van der Waals surface area contributed by atoms with E-state index in [0.717, 1.165) is 27.1 Å². The van der Waals surface area contributed by atoms with Gasteiger partial charge in [0.25, 0.3) is 0 Å². The molecule has 3 heteroatoms. The highest BCUT2D eigenvalue weighted by molar-refractivity contribution is 9.10. The summed E-state index contributed by atoms with van der Waals surface area (Å²) >= 11 is 3.59. The molecule has 0 N–H and O–H groups in total. The molecule has 3 rings (SSSR count). The van der Waals surface area contributed by atoms with Crippen LogP contribution in [-0.4, -0.2) is 6.29 Å². The van der Waals surface area contributed by atoms with Gasteiger partial charge in [-0.25, -0.2) is 0 Å². The van der Waals surface area contributed by atoms with Gasteiger partial charge in [0, 0.05) is 0 Å². The summed E-state index contributed by atoms with van der Waals surface area (Å²) in [6, 6.07) is 17.5. The third-order valence-electron chi connectivity index (χ3n) is 3.34. The molecule has 3 aromatic rings. The number of carbonyl (C=O) groups excluding carboxylic acids is 1. The first kappa shape index (κ1) is 13.8. The molecule has 104 valence electrons. The van der Waals surface area contributed by atoms with Crippen molar-refractivity contribution < 1.29 is 9.53 Å². The zero-order valence-electron chi connectivity index (χ0n) is 11.5. The summed E-state index contributed by atoms with van der Waals surface area (Å²) in [5.41, 5.74) is 1.58. The Morgan fingerprint density at radius 2 is 1.76 bits per heavy atom. The summed E-state index contributed by atoms with van der Waals surface area (Å²) in [6.07, 6.45) is 0.817. The van der Waals surface area contributed by atoms with Gasteiger partial charge < -0.3 is 4.74 Å². The Hall–Kier alpha value is -2.13. The number of hydrogen-bond donors (Lipinski definition) is 0. The molecule has 0 aliphatic heterocycles. The van der Waals surface area contributed by atoms with Crippen LogP contribution in [-0.2, 0) is 0 Å². The quantitative estimate of drug-likeness (QED) is 0.587. The number of benzene rings is 3. The van der Waals surface area contributed by atoms with Crippen molar-refractivity contribution in [2.24, 2.45) is 0 Å². The fourth-order valence-electron chi connectivity index (χ4n) is 2.26. The Bertz CT molecular complexity index is 825. The minimum absolute atomic E-state index is 0.551. The smallest absolute Gasteiger partial charge is 0.153 e. The second-order valence-electron chi connectivity index (χ2n) is 4.86. The van der Waals surface area contributed by atoms with Gasteiger partial charge in [-0.3, -0.25) is 4.79 Å². The average molecular weight is 341 g/mol. The van der Waals surface area contributed by atoms with E-state index in [1.807, 2.05) is 61.5 Å². The Morgan fingerprint density at radius 3 is 2.57 bits per heavy atom. The molecule has 0 aliphatic carbocycles. The molecule has 2 nitrogen and oxygen atoms in total. The van der Waals surface area contributed by atoms with E-state index in [1.54, 1.807) is 0 Å². The van der Waals surface area contributed by atoms with E-state index in [0.29, 0.717) is 17.1 Å². The summed E-state index contributed by atoms with van der Waals surface area (Å²) in [7, 11) is 0. The Kier molecular flexibility index (Phi) is 3.76. The minimum Gasteiger partial charge on any atom is -0.455 e. The fraction of sp³-hybridized carbons (Fsp3) is 0.0556. The van der Waals surface area contributed by atoms with Crippen molar-refractivity contribution in [3.8, 4) is 11.5 Å². The predicted molar refractivity (Wildman–Crippen MR) is 88.3 cm³/mol. The minimum atomic E-state index is 0.551. The molecule has 3 aromatic carbocycles. The van der Waals surface area contributed by atoms with Crippen molar-refractivity contribution in [1.29, 1.82) is 0 Å². The van der Waals surface area contributed by atoms with Crippen LogP contribution in [0.25, 0.3) is 10.8 Å². The van der Waals surface area contributed by atoms with Gasteiger partial charge in [0.05, 0.1) is 10.0 Å². The summed E-state index contributed by atoms with van der Waals surface area (Å²) < 4.78 is 6.80. The number of rotatable bonds is 3. The normalized spacial score (nSPS) is 10.6. The molecule has 0 saturated carbocycles. The Morgan fingerprint density at radius 1 is 1.00 bits per heavy atom. The molecule has 0 bridgehead atoms. The van der Waals surface area contributed by atoms with Crippen molar-refractivity contribution in [3.05, 3.63) is 70.2 Å². The number of hydrogen-bond acceptors (Lipinski definition) is 2. The fourth-order valence-corrected chi connectivity index (χ4v) is 2.84. The molecular formula is C18H13BrO2. The second-order valence-corrected chi connectivity index (χ2v) is 5.65. The van der Waals surface area contributed by atoms with Crippen LogP contribution in [0.5, 0.6) is 11.5 Å². The lowest BCUT2D eigenvalue weighted by atomic mass is 10.1. The van der Waals surface area contributed by atoms with Crippen LogP contribution in [0.4, 0.5) is 0 Å². The van der Waals surface area contributed by atoms with Gasteiger partial charge in [-0.2, -0.15) is 0 Å². The number of halogens is 1. The molecule has 0 fully saturated rings. The zero-order chi connectivity index (χ0) is 14.8. The molecule has 0 spiro atoms. The summed E-state index contributed by atoms with van der Waals surface area (Å²) in [4.78, 5) is 11.2. The van der Waals surface area contributed by atoms with E-state index in [9.17, 15) is 4.79 Å². The van der Waals surface area contributed by atoms with Crippen LogP contribution in [0.1, 0.15) is 15.9 Å². The average Bonchev–Trinajstić information content (AvgIpc) is 2.51. The topological polar surface area (TPSA) is 26.3 Å². The molecular weight excluding hydrogens is 328 g/mol. The highest BCUT2D eigenvalue weighted by Crippen LogP contribution is 2.36. The zero-order valence-corrected chi connectivity index (χ0v) is 13.1. The molecule has 0 amide bonds. The number of aryl methyl sites for hydroxylation is 1. The van der Waals surface area contributed by atoms with Crippen molar-refractivity contribution in [3.63, 3.8) is 0 Å². The molecule has 0 aromatic heterocycles. The van der Waals surface area contributed by atoms with E-state index >= 15 is 0 Å². The van der Waals surface area contributed by atoms with Crippen LogP contribution in [0.2, 0.25) is 0 Å². The molecule has 0 aliphatic rings. The lowest BCUT2D eigenvalue weighted by molar-refractivity contribution is 0.112. The predicted octanol–water partition coefficient (Wildman–Crippen LogP) is 5.52. The van der Waals surface area contributed by atoms with E-state index in [2.05, 4.69) is 15.9 Å². The lowest BCUT2D eigenvalue weighted by Crippen LogP contribution is -1.92. The van der Waals surface area contributed by atoms with Gasteiger partial charge >= 0.3 is 0 Å². The summed E-state index contributed by atoms with van der Waals surface area (Å²) in [5.74, 6) is 1.26. The maximum atomic E-state index is 11.2. The number of fused-ring (bicyclic) bond motifs is 1. The SMILES string of the molecule is Cc1ccc(Oc2ccc3ccccc3c2Br)c(C=O)c1. The van der Waals surface area contributed by atoms with Crippen molar-refractivity contribution in [2.45, 2.75) is 6.92 Å². The highest BCUT2D eigenvalue weighted by atomic mass is 79.9. The van der Waals surface area contributed by atoms with Crippen LogP contribution in [0.3, 0.4) is 0 Å². The van der Waals surface area contributed by atoms with Gasteiger partial charge in [-0.05, 0) is 51.8 Å². The molecule has 0 unspecified atom stereocenters. The maximum absolute atomic E-state index is 11.2. The standard InChI is InChI=1S/C18H13BrO2/c1-12-6-8-16(14(10-12)11-20)21-17-9-7-13-4-2-3-5-15(13)18(17)19/h2-11H,1H3. The van der Waals surface area contributed by atoms with Gasteiger partial charge in [0.1, 0.15) is 11.5 Å². The van der Waals surface area contributed by atoms with E-state index in [4.69, 9.17) is 4.74 Å². The maximum Gasteiger partial charge on any atom is 0.153 e. The number of carbonyl (C=O) groups is 1. The van der Waals surface area contributed by atoms with E-state index in [-0.39, 0.29) is 0 Å². The molecule has 21 heavy (non-hydrogen) atoms. The van der Waals surface area contributed by atoms with Gasteiger partial charge in [-0.1, -0.05) is 42.0 Å². The van der Waals surface area contributed by atoms with Crippen LogP contribution in [0, 0.1) is 6.92 Å². The lowest BCUT2D eigenvalue weighted by Gasteiger charge is -2.12. The van der Waals surface area contributed by atoms with Crippen molar-refractivity contribution in [1.82, 2.24) is 0 Å². The highest BCUT2D eigenvalue weighted by Gasteiger charge is 2.09. The van der Waals surface area contributed by atoms with E-state index < -0.39 is 0 Å². The summed E-state index contributed by atoms with van der Waals surface area (Å²) in [5, 5.41) is 2.21. The largest absolute Gasteiger partial charge is 0.455 e. The first-order valence-electron chi connectivity index (χ1n) is 6.60. The third-order valence-corrected chi connectivity index (χ3v) is 4.16. The van der Waals surface area contributed by atoms with Gasteiger partial charge in [0.2, 0.25) is 0 Å². The first-order chi connectivity index (χ1) is 10.2. The van der Waals surface area contributed by atoms with Crippen LogP contribution in [0.15, 0.2) is 59.1 Å². The van der Waals surface area contributed by atoms with Gasteiger partial charge in [-0.15, -0.1) is 0 Å². The Balaban J connectivity index is 2.06. The first-order valence-corrected chi connectivity index (χ1v) is 7.39. The number of aldehydes is 1.